The van der Waals surface area contributed by atoms with E-state index >= 15 is 0 Å². The number of carbonyl (C=O) groups is 1. The lowest BCUT2D eigenvalue weighted by Crippen LogP contribution is -2.41. The van der Waals surface area contributed by atoms with Crippen molar-refractivity contribution in [3.63, 3.8) is 0 Å². The van der Waals surface area contributed by atoms with E-state index in [4.69, 9.17) is 26.8 Å². The van der Waals surface area contributed by atoms with Gasteiger partial charge in [-0.1, -0.05) is 25.4 Å². The van der Waals surface area contributed by atoms with Crippen LogP contribution in [0.5, 0.6) is 11.5 Å². The zero-order chi connectivity index (χ0) is 16.7. The molecule has 0 saturated carbocycles. The van der Waals surface area contributed by atoms with Gasteiger partial charge in [-0.15, -0.1) is 0 Å². The molecule has 0 aliphatic carbocycles. The summed E-state index contributed by atoms with van der Waals surface area (Å²) in [6.07, 6.45) is 0.652. The van der Waals surface area contributed by atoms with Crippen LogP contribution < -0.4 is 20.5 Å². The molecule has 0 saturated heterocycles. The highest BCUT2D eigenvalue weighted by molar-refractivity contribution is 6.32. The molecule has 0 bridgehead atoms. The molecule has 0 radical (unpaired) electrons. The second-order valence-corrected chi connectivity index (χ2v) is 5.90. The number of methoxy groups -OCH3 is 1. The number of halogens is 1. The molecule has 6 heteroatoms. The van der Waals surface area contributed by atoms with Crippen molar-refractivity contribution in [2.24, 2.45) is 11.7 Å². The van der Waals surface area contributed by atoms with Gasteiger partial charge in [0.15, 0.2) is 11.5 Å². The molecule has 1 aromatic rings. The summed E-state index contributed by atoms with van der Waals surface area (Å²) in [6.45, 7) is 6.78. The van der Waals surface area contributed by atoms with E-state index in [0.717, 1.165) is 5.56 Å². The van der Waals surface area contributed by atoms with Crippen molar-refractivity contribution < 1.29 is 14.3 Å². The van der Waals surface area contributed by atoms with Crippen LogP contribution in [0.1, 0.15) is 32.8 Å². The van der Waals surface area contributed by atoms with Crippen LogP contribution in [-0.2, 0) is 11.3 Å². The highest BCUT2D eigenvalue weighted by Crippen LogP contribution is 2.36. The van der Waals surface area contributed by atoms with Gasteiger partial charge in [-0.3, -0.25) is 4.79 Å². The minimum absolute atomic E-state index is 0.169. The fraction of sp³-hybridized carbons (Fsp3) is 0.562. The molecule has 5 nitrogen and oxygen atoms in total. The van der Waals surface area contributed by atoms with E-state index in [0.29, 0.717) is 42.0 Å². The quantitative estimate of drug-likeness (QED) is 0.769. The number of hydrogen-bond acceptors (Lipinski definition) is 4. The molecule has 0 aromatic heterocycles. The molecule has 3 N–H and O–H groups in total. The maximum Gasteiger partial charge on any atom is 0.237 e. The summed E-state index contributed by atoms with van der Waals surface area (Å²) >= 11 is 6.20. The Morgan fingerprint density at radius 2 is 2.09 bits per heavy atom. The predicted molar refractivity (Wildman–Crippen MR) is 88.5 cm³/mol. The molecule has 0 fully saturated rings. The summed E-state index contributed by atoms with van der Waals surface area (Å²) in [7, 11) is 1.55. The SMILES string of the molecule is CCOc1c(Cl)cc(CNC(=O)[C@@H](N)CC(C)C)cc1OC. The van der Waals surface area contributed by atoms with E-state index in [1.54, 1.807) is 19.2 Å². The van der Waals surface area contributed by atoms with E-state index in [-0.39, 0.29) is 5.91 Å². The van der Waals surface area contributed by atoms with Crippen molar-refractivity contribution in [2.75, 3.05) is 13.7 Å². The smallest absolute Gasteiger partial charge is 0.237 e. The Morgan fingerprint density at radius 1 is 1.41 bits per heavy atom. The number of carbonyl (C=O) groups excluding carboxylic acids is 1. The van der Waals surface area contributed by atoms with Crippen LogP contribution >= 0.6 is 11.6 Å². The Bertz CT molecular complexity index is 506. The number of amides is 1. The number of hydrogen-bond donors (Lipinski definition) is 2. The summed E-state index contributed by atoms with van der Waals surface area (Å²) in [4.78, 5) is 11.9. The summed E-state index contributed by atoms with van der Waals surface area (Å²) in [5.41, 5.74) is 6.68. The number of nitrogens with one attached hydrogen (secondary N) is 1. The molecule has 1 aromatic carbocycles. The van der Waals surface area contributed by atoms with Gasteiger partial charge in [0.25, 0.3) is 0 Å². The van der Waals surface area contributed by atoms with E-state index in [1.165, 1.54) is 0 Å². The Labute approximate surface area is 137 Å². The Morgan fingerprint density at radius 3 is 2.64 bits per heavy atom. The summed E-state index contributed by atoms with van der Waals surface area (Å²) in [5.74, 6) is 1.27. The number of nitrogens with two attached hydrogens (primary N) is 1. The predicted octanol–water partition coefficient (Wildman–Crippen LogP) is 2.74. The largest absolute Gasteiger partial charge is 0.493 e. The van der Waals surface area contributed by atoms with Gasteiger partial charge in [0.1, 0.15) is 0 Å². The summed E-state index contributed by atoms with van der Waals surface area (Å²) in [5, 5.41) is 3.27. The van der Waals surface area contributed by atoms with Crippen molar-refractivity contribution in [1.29, 1.82) is 0 Å². The number of rotatable bonds is 8. The molecule has 22 heavy (non-hydrogen) atoms. The van der Waals surface area contributed by atoms with Gasteiger partial charge in [0.2, 0.25) is 5.91 Å². The molecule has 0 unspecified atom stereocenters. The maximum absolute atomic E-state index is 11.9. The van der Waals surface area contributed by atoms with Gasteiger partial charge in [0.05, 0.1) is 24.8 Å². The molecule has 1 amide bonds. The first-order chi connectivity index (χ1) is 10.4. The third-order valence-electron chi connectivity index (χ3n) is 3.11. The van der Waals surface area contributed by atoms with Gasteiger partial charge in [0, 0.05) is 6.54 Å². The van der Waals surface area contributed by atoms with Crippen molar-refractivity contribution in [1.82, 2.24) is 5.32 Å². The van der Waals surface area contributed by atoms with E-state index in [1.807, 2.05) is 20.8 Å². The van der Waals surface area contributed by atoms with Crippen LogP contribution in [0.2, 0.25) is 5.02 Å². The second kappa shape index (κ2) is 8.86. The Balaban J connectivity index is 2.74. The fourth-order valence-electron chi connectivity index (χ4n) is 2.09. The molecule has 1 atom stereocenters. The van der Waals surface area contributed by atoms with Gasteiger partial charge < -0.3 is 20.5 Å². The van der Waals surface area contributed by atoms with Crippen LogP contribution in [0.15, 0.2) is 12.1 Å². The molecule has 0 aliphatic rings. The third kappa shape index (κ3) is 5.39. The maximum atomic E-state index is 11.9. The average Bonchev–Trinajstić information content (AvgIpc) is 2.46. The van der Waals surface area contributed by atoms with E-state index in [9.17, 15) is 4.79 Å². The normalized spacial score (nSPS) is 12.1. The lowest BCUT2D eigenvalue weighted by Gasteiger charge is -2.16. The average molecular weight is 329 g/mol. The monoisotopic (exact) mass is 328 g/mol. The second-order valence-electron chi connectivity index (χ2n) is 5.50. The lowest BCUT2D eigenvalue weighted by atomic mass is 10.0. The van der Waals surface area contributed by atoms with Crippen LogP contribution in [0.4, 0.5) is 0 Å². The Hall–Kier alpha value is -1.46. The van der Waals surface area contributed by atoms with Crippen LogP contribution in [0, 0.1) is 5.92 Å². The standard InChI is InChI=1S/C16H25ClN2O3/c1-5-22-15-12(17)7-11(8-14(15)21-4)9-19-16(20)13(18)6-10(2)3/h7-8,10,13H,5-6,9,18H2,1-4H3,(H,19,20)/t13-/m0/s1. The van der Waals surface area contributed by atoms with E-state index in [2.05, 4.69) is 5.32 Å². The zero-order valence-electron chi connectivity index (χ0n) is 13.6. The molecule has 0 heterocycles. The highest BCUT2D eigenvalue weighted by Gasteiger charge is 2.16. The lowest BCUT2D eigenvalue weighted by molar-refractivity contribution is -0.122. The van der Waals surface area contributed by atoms with Crippen molar-refractivity contribution in [3.05, 3.63) is 22.7 Å². The summed E-state index contributed by atoms with van der Waals surface area (Å²) in [6, 6.07) is 3.05. The molecule has 1 rings (SSSR count). The van der Waals surface area contributed by atoms with Gasteiger partial charge in [-0.05, 0) is 37.0 Å². The molecule has 0 spiro atoms. The summed E-state index contributed by atoms with van der Waals surface area (Å²) < 4.78 is 10.7. The first-order valence-corrected chi connectivity index (χ1v) is 7.79. The minimum atomic E-state index is -0.500. The number of ether oxygens (including phenoxy) is 2. The molecule has 124 valence electrons. The molecular formula is C16H25ClN2O3. The zero-order valence-corrected chi connectivity index (χ0v) is 14.4. The Kier molecular flexibility index (Phi) is 7.48. The molecular weight excluding hydrogens is 304 g/mol. The van der Waals surface area contributed by atoms with Crippen LogP contribution in [-0.4, -0.2) is 25.7 Å². The number of benzene rings is 1. The van der Waals surface area contributed by atoms with Crippen molar-refractivity contribution in [3.8, 4) is 11.5 Å². The first kappa shape index (κ1) is 18.6. The topological polar surface area (TPSA) is 73.6 Å². The van der Waals surface area contributed by atoms with Crippen molar-refractivity contribution >= 4 is 17.5 Å². The van der Waals surface area contributed by atoms with Gasteiger partial charge >= 0.3 is 0 Å². The van der Waals surface area contributed by atoms with Crippen molar-refractivity contribution in [2.45, 2.75) is 39.8 Å². The van der Waals surface area contributed by atoms with Gasteiger partial charge in [-0.2, -0.15) is 0 Å². The van der Waals surface area contributed by atoms with Crippen LogP contribution in [0.25, 0.3) is 0 Å². The highest BCUT2D eigenvalue weighted by atomic mass is 35.5. The minimum Gasteiger partial charge on any atom is -0.493 e. The molecule has 0 aliphatic heterocycles. The first-order valence-electron chi connectivity index (χ1n) is 7.41. The fourth-order valence-corrected chi connectivity index (χ4v) is 2.38. The van der Waals surface area contributed by atoms with Crippen LogP contribution in [0.3, 0.4) is 0 Å². The third-order valence-corrected chi connectivity index (χ3v) is 3.39. The van der Waals surface area contributed by atoms with E-state index < -0.39 is 6.04 Å². The van der Waals surface area contributed by atoms with Gasteiger partial charge in [-0.25, -0.2) is 0 Å².